The second-order valence-corrected chi connectivity index (χ2v) is 4.22. The van der Waals surface area contributed by atoms with Crippen molar-refractivity contribution in [3.8, 4) is 0 Å². The van der Waals surface area contributed by atoms with E-state index >= 15 is 0 Å². The molecule has 2 unspecified atom stereocenters. The van der Waals surface area contributed by atoms with Gasteiger partial charge in [-0.15, -0.1) is 0 Å². The lowest BCUT2D eigenvalue weighted by molar-refractivity contribution is -0.138. The molecule has 88 valence electrons. The monoisotopic (exact) mass is 215 g/mol. The molecule has 15 heavy (non-hydrogen) atoms. The van der Waals surface area contributed by atoms with Crippen LogP contribution in [-0.2, 0) is 9.59 Å². The molecule has 0 aliphatic rings. The normalized spacial score (nSPS) is 14.3. The third-order valence-corrected chi connectivity index (χ3v) is 2.40. The summed E-state index contributed by atoms with van der Waals surface area (Å²) in [5, 5.41) is 11.3. The quantitative estimate of drug-likeness (QED) is 0.678. The molecular formula is C11H21NO3. The van der Waals surface area contributed by atoms with Gasteiger partial charge in [-0.1, -0.05) is 27.2 Å². The van der Waals surface area contributed by atoms with Crippen LogP contribution < -0.4 is 5.32 Å². The summed E-state index contributed by atoms with van der Waals surface area (Å²) in [6, 6.07) is 0. The van der Waals surface area contributed by atoms with Gasteiger partial charge in [0.1, 0.15) is 0 Å². The molecule has 2 atom stereocenters. The molecule has 4 nitrogen and oxygen atoms in total. The maximum absolute atomic E-state index is 11.3. The van der Waals surface area contributed by atoms with Crippen molar-refractivity contribution in [2.45, 2.75) is 40.0 Å². The van der Waals surface area contributed by atoms with Crippen molar-refractivity contribution in [1.82, 2.24) is 5.32 Å². The lowest BCUT2D eigenvalue weighted by Crippen LogP contribution is -2.30. The fraction of sp³-hybridized carbons (Fsp3) is 0.818. The number of carboxylic acid groups (broad SMARTS) is 1. The van der Waals surface area contributed by atoms with Gasteiger partial charge in [0.05, 0.1) is 0 Å². The Morgan fingerprint density at radius 1 is 1.20 bits per heavy atom. The summed E-state index contributed by atoms with van der Waals surface area (Å²) in [5.74, 6) is -0.427. The number of carbonyl (C=O) groups is 2. The molecule has 0 fully saturated rings. The summed E-state index contributed by atoms with van der Waals surface area (Å²) in [6.07, 6.45) is 1.61. The first kappa shape index (κ1) is 13.9. The minimum atomic E-state index is -0.821. The van der Waals surface area contributed by atoms with Crippen molar-refractivity contribution >= 4 is 11.9 Å². The summed E-state index contributed by atoms with van der Waals surface area (Å²) >= 11 is 0. The molecule has 0 aromatic carbocycles. The zero-order valence-corrected chi connectivity index (χ0v) is 9.75. The van der Waals surface area contributed by atoms with Crippen LogP contribution in [-0.4, -0.2) is 23.5 Å². The third kappa shape index (κ3) is 7.97. The summed E-state index contributed by atoms with van der Waals surface area (Å²) in [4.78, 5) is 21.7. The van der Waals surface area contributed by atoms with E-state index in [4.69, 9.17) is 5.11 Å². The van der Waals surface area contributed by atoms with Crippen LogP contribution in [0, 0.1) is 11.8 Å². The number of amides is 1. The Kier molecular flexibility index (Phi) is 6.75. The third-order valence-electron chi connectivity index (χ3n) is 2.40. The van der Waals surface area contributed by atoms with E-state index < -0.39 is 5.97 Å². The van der Waals surface area contributed by atoms with E-state index in [1.165, 1.54) is 0 Å². The molecule has 0 saturated heterocycles. The van der Waals surface area contributed by atoms with Crippen LogP contribution in [0.1, 0.15) is 40.0 Å². The summed E-state index contributed by atoms with van der Waals surface area (Å²) in [6.45, 7) is 6.34. The van der Waals surface area contributed by atoms with E-state index in [2.05, 4.69) is 5.32 Å². The molecule has 1 amide bonds. The Balaban J connectivity index is 3.66. The number of hydrogen-bond donors (Lipinski definition) is 2. The van der Waals surface area contributed by atoms with Gasteiger partial charge in [0.2, 0.25) is 5.91 Å². The topological polar surface area (TPSA) is 66.4 Å². The van der Waals surface area contributed by atoms with E-state index in [1.54, 1.807) is 0 Å². The predicted octanol–water partition coefficient (Wildman–Crippen LogP) is 1.65. The number of aliphatic carboxylic acids is 1. The molecule has 0 heterocycles. The van der Waals surface area contributed by atoms with E-state index in [9.17, 15) is 9.59 Å². The Bertz CT molecular complexity index is 216. The highest BCUT2D eigenvalue weighted by Gasteiger charge is 2.10. The van der Waals surface area contributed by atoms with Crippen molar-refractivity contribution in [3.63, 3.8) is 0 Å². The maximum Gasteiger partial charge on any atom is 0.303 e. The lowest BCUT2D eigenvalue weighted by atomic mass is 10.0. The van der Waals surface area contributed by atoms with Crippen LogP contribution in [0.4, 0.5) is 0 Å². The smallest absolute Gasteiger partial charge is 0.303 e. The van der Waals surface area contributed by atoms with Crippen molar-refractivity contribution < 1.29 is 14.7 Å². The molecule has 0 bridgehead atoms. The van der Waals surface area contributed by atoms with Crippen molar-refractivity contribution in [1.29, 1.82) is 0 Å². The Morgan fingerprint density at radius 2 is 1.80 bits per heavy atom. The average Bonchev–Trinajstić information content (AvgIpc) is 2.13. The van der Waals surface area contributed by atoms with Crippen LogP contribution in [0.25, 0.3) is 0 Å². The molecule has 0 aromatic rings. The first-order valence-corrected chi connectivity index (χ1v) is 5.44. The first-order chi connectivity index (χ1) is 6.95. The van der Waals surface area contributed by atoms with Gasteiger partial charge in [0, 0.05) is 19.4 Å². The molecular weight excluding hydrogens is 194 g/mol. The predicted molar refractivity (Wildman–Crippen MR) is 58.5 cm³/mol. The lowest BCUT2D eigenvalue weighted by Gasteiger charge is -2.12. The highest BCUT2D eigenvalue weighted by molar-refractivity contribution is 5.76. The molecule has 4 heteroatoms. The van der Waals surface area contributed by atoms with Crippen LogP contribution in [0.2, 0.25) is 0 Å². The van der Waals surface area contributed by atoms with E-state index in [0.717, 1.165) is 6.42 Å². The average molecular weight is 215 g/mol. The second-order valence-electron chi connectivity index (χ2n) is 4.22. The van der Waals surface area contributed by atoms with Gasteiger partial charge in [0.15, 0.2) is 0 Å². The molecule has 0 spiro atoms. The zero-order chi connectivity index (χ0) is 11.8. The van der Waals surface area contributed by atoms with Crippen molar-refractivity contribution in [3.05, 3.63) is 0 Å². The second kappa shape index (κ2) is 7.26. The van der Waals surface area contributed by atoms with Crippen LogP contribution in [0.15, 0.2) is 0 Å². The summed E-state index contributed by atoms with van der Waals surface area (Å²) in [7, 11) is 0. The standard InChI is InChI=1S/C11H21NO3/c1-4-8(2)5-10(13)12-7-9(3)6-11(14)15/h8-9H,4-7H2,1-3H3,(H,12,13)(H,14,15). The fourth-order valence-electron chi connectivity index (χ4n) is 1.19. The van der Waals surface area contributed by atoms with Gasteiger partial charge in [0.25, 0.3) is 0 Å². The largest absolute Gasteiger partial charge is 0.481 e. The SMILES string of the molecule is CCC(C)CC(=O)NCC(C)CC(=O)O. The highest BCUT2D eigenvalue weighted by atomic mass is 16.4. The van der Waals surface area contributed by atoms with Crippen LogP contribution >= 0.6 is 0 Å². The Labute approximate surface area is 91.1 Å². The Hall–Kier alpha value is -1.06. The fourth-order valence-corrected chi connectivity index (χ4v) is 1.19. The number of rotatable bonds is 7. The molecule has 0 aliphatic heterocycles. The molecule has 0 radical (unpaired) electrons. The first-order valence-electron chi connectivity index (χ1n) is 5.44. The van der Waals surface area contributed by atoms with Crippen molar-refractivity contribution in [2.24, 2.45) is 11.8 Å². The maximum atomic E-state index is 11.3. The summed E-state index contributed by atoms with van der Waals surface area (Å²) < 4.78 is 0. The number of hydrogen-bond acceptors (Lipinski definition) is 2. The minimum absolute atomic E-state index is 0.0108. The number of carbonyl (C=O) groups excluding carboxylic acids is 1. The number of carboxylic acids is 1. The molecule has 0 saturated carbocycles. The van der Waals surface area contributed by atoms with Crippen LogP contribution in [0.5, 0.6) is 0 Å². The highest BCUT2D eigenvalue weighted by Crippen LogP contribution is 2.06. The zero-order valence-electron chi connectivity index (χ0n) is 9.75. The molecule has 0 rings (SSSR count). The van der Waals surface area contributed by atoms with Gasteiger partial charge >= 0.3 is 5.97 Å². The van der Waals surface area contributed by atoms with Gasteiger partial charge in [-0.05, 0) is 11.8 Å². The molecule has 2 N–H and O–H groups in total. The van der Waals surface area contributed by atoms with Crippen LogP contribution in [0.3, 0.4) is 0 Å². The molecule has 0 aromatic heterocycles. The Morgan fingerprint density at radius 3 is 2.27 bits per heavy atom. The molecule has 0 aliphatic carbocycles. The van der Waals surface area contributed by atoms with Gasteiger partial charge < -0.3 is 10.4 Å². The van der Waals surface area contributed by atoms with E-state index in [-0.39, 0.29) is 18.2 Å². The minimum Gasteiger partial charge on any atom is -0.481 e. The van der Waals surface area contributed by atoms with Gasteiger partial charge in [-0.2, -0.15) is 0 Å². The van der Waals surface area contributed by atoms with Crippen molar-refractivity contribution in [2.75, 3.05) is 6.54 Å². The van der Waals surface area contributed by atoms with E-state index in [0.29, 0.717) is 18.9 Å². The van der Waals surface area contributed by atoms with E-state index in [1.807, 2.05) is 20.8 Å². The number of nitrogens with one attached hydrogen (secondary N) is 1. The summed E-state index contributed by atoms with van der Waals surface area (Å²) in [5.41, 5.74) is 0. The van der Waals surface area contributed by atoms with Gasteiger partial charge in [-0.25, -0.2) is 0 Å². The van der Waals surface area contributed by atoms with Gasteiger partial charge in [-0.3, -0.25) is 9.59 Å².